The van der Waals surface area contributed by atoms with Gasteiger partial charge in [0.05, 0.1) is 26.1 Å². The van der Waals surface area contributed by atoms with Crippen molar-refractivity contribution in [1.82, 2.24) is 4.90 Å². The van der Waals surface area contributed by atoms with Crippen molar-refractivity contribution in [3.05, 3.63) is 77.6 Å². The molecule has 0 unspecified atom stereocenters. The number of carbonyl (C=O) groups excluding carboxylic acids is 1. The molecule has 0 N–H and O–H groups in total. The molecule has 2 aliphatic rings. The van der Waals surface area contributed by atoms with Gasteiger partial charge in [-0.05, 0) is 35.9 Å². The van der Waals surface area contributed by atoms with Gasteiger partial charge in [0.25, 0.3) is 5.91 Å². The molecular weight excluding hydrogens is 354 g/mol. The number of para-hydroxylation sites is 1. The molecule has 1 fully saturated rings. The highest BCUT2D eigenvalue weighted by Gasteiger charge is 2.26. The third kappa shape index (κ3) is 4.10. The Morgan fingerprint density at radius 2 is 2.11 bits per heavy atom. The second kappa shape index (κ2) is 8.31. The smallest absolute Gasteiger partial charge is 0.254 e. The molecule has 2 aromatic rings. The molecule has 28 heavy (non-hydrogen) atoms. The summed E-state index contributed by atoms with van der Waals surface area (Å²) in [5, 5.41) is 0. The molecule has 5 heteroatoms. The van der Waals surface area contributed by atoms with Gasteiger partial charge in [0.1, 0.15) is 11.5 Å². The summed E-state index contributed by atoms with van der Waals surface area (Å²) in [5.41, 5.74) is 2.65. The van der Waals surface area contributed by atoms with E-state index in [9.17, 15) is 4.79 Å². The lowest BCUT2D eigenvalue weighted by Crippen LogP contribution is -2.46. The lowest BCUT2D eigenvalue weighted by atomic mass is 10.0. The average molecular weight is 377 g/mol. The van der Waals surface area contributed by atoms with Crippen molar-refractivity contribution in [2.24, 2.45) is 0 Å². The summed E-state index contributed by atoms with van der Waals surface area (Å²) in [7, 11) is 1.66. The predicted molar refractivity (Wildman–Crippen MR) is 107 cm³/mol. The highest BCUT2D eigenvalue weighted by atomic mass is 16.5. The highest BCUT2D eigenvalue weighted by Crippen LogP contribution is 2.25. The molecule has 4 rings (SSSR count). The standard InChI is InChI=1S/C23H23NO4/c1-26-20-7-4-5-17(13-20)14-21-16-24(10-12-27-21)23(25)19-9-11-28-22-8-3-2-6-18(22)15-19/h2-9,11,13,15,21H,10,12,14,16H2,1H3/t21-/m0/s1. The number of morpholine rings is 1. The van der Waals surface area contributed by atoms with Crippen molar-refractivity contribution in [1.29, 1.82) is 0 Å². The van der Waals surface area contributed by atoms with Gasteiger partial charge in [-0.3, -0.25) is 4.79 Å². The molecule has 144 valence electrons. The van der Waals surface area contributed by atoms with Crippen LogP contribution < -0.4 is 9.47 Å². The quantitative estimate of drug-likeness (QED) is 0.819. The van der Waals surface area contributed by atoms with Crippen LogP contribution >= 0.6 is 0 Å². The Bertz CT molecular complexity index is 918. The van der Waals surface area contributed by atoms with E-state index in [2.05, 4.69) is 6.07 Å². The number of nitrogens with zero attached hydrogens (tertiary/aromatic N) is 1. The van der Waals surface area contributed by atoms with E-state index < -0.39 is 0 Å². The van der Waals surface area contributed by atoms with Crippen LogP contribution in [-0.2, 0) is 16.0 Å². The zero-order valence-electron chi connectivity index (χ0n) is 15.8. The van der Waals surface area contributed by atoms with Crippen LogP contribution in [0.15, 0.2) is 66.4 Å². The minimum atomic E-state index is -0.0382. The van der Waals surface area contributed by atoms with E-state index in [1.807, 2.05) is 53.4 Å². The normalized spacial score (nSPS) is 18.5. The van der Waals surface area contributed by atoms with Crippen LogP contribution in [0.2, 0.25) is 0 Å². The number of hydrogen-bond donors (Lipinski definition) is 0. The maximum atomic E-state index is 13.1. The predicted octanol–water partition coefficient (Wildman–Crippen LogP) is 3.45. The summed E-state index contributed by atoms with van der Waals surface area (Å²) in [6.45, 7) is 1.68. The number of methoxy groups -OCH3 is 1. The van der Waals surface area contributed by atoms with Gasteiger partial charge in [-0.25, -0.2) is 0 Å². The first kappa shape index (κ1) is 18.3. The molecule has 1 amide bonds. The maximum absolute atomic E-state index is 13.1. The van der Waals surface area contributed by atoms with E-state index >= 15 is 0 Å². The number of rotatable bonds is 4. The fourth-order valence-corrected chi connectivity index (χ4v) is 3.51. The molecule has 1 atom stereocenters. The van der Waals surface area contributed by atoms with Crippen LogP contribution in [-0.4, -0.2) is 43.7 Å². The van der Waals surface area contributed by atoms with Gasteiger partial charge in [0, 0.05) is 30.6 Å². The summed E-state index contributed by atoms with van der Waals surface area (Å²) in [5.74, 6) is 1.57. The fourth-order valence-electron chi connectivity index (χ4n) is 3.51. The van der Waals surface area contributed by atoms with Crippen LogP contribution in [0.25, 0.3) is 6.08 Å². The van der Waals surface area contributed by atoms with Crippen molar-refractivity contribution in [3.63, 3.8) is 0 Å². The van der Waals surface area contributed by atoms with E-state index in [1.165, 1.54) is 0 Å². The number of ether oxygens (including phenoxy) is 3. The van der Waals surface area contributed by atoms with E-state index in [4.69, 9.17) is 14.2 Å². The summed E-state index contributed by atoms with van der Waals surface area (Å²) < 4.78 is 16.8. The van der Waals surface area contributed by atoms with E-state index in [0.717, 1.165) is 29.0 Å². The van der Waals surface area contributed by atoms with Gasteiger partial charge in [-0.1, -0.05) is 30.3 Å². The van der Waals surface area contributed by atoms with Crippen molar-refractivity contribution < 1.29 is 19.0 Å². The maximum Gasteiger partial charge on any atom is 0.254 e. The topological polar surface area (TPSA) is 48.0 Å². The van der Waals surface area contributed by atoms with Crippen LogP contribution in [0.1, 0.15) is 11.1 Å². The minimum Gasteiger partial charge on any atom is -0.497 e. The SMILES string of the molecule is COc1cccc(C[C@H]2CN(C(=O)C3=Cc4ccccc4OC=C3)CCO2)c1. The Kier molecular flexibility index (Phi) is 5.44. The Morgan fingerprint density at radius 3 is 3.00 bits per heavy atom. The molecule has 0 aromatic heterocycles. The van der Waals surface area contributed by atoms with Gasteiger partial charge in [-0.2, -0.15) is 0 Å². The molecule has 2 aliphatic heterocycles. The van der Waals surface area contributed by atoms with E-state index in [0.29, 0.717) is 25.3 Å². The molecule has 2 heterocycles. The van der Waals surface area contributed by atoms with E-state index in [-0.39, 0.29) is 12.0 Å². The van der Waals surface area contributed by atoms with Gasteiger partial charge in [-0.15, -0.1) is 0 Å². The summed E-state index contributed by atoms with van der Waals surface area (Å²) in [4.78, 5) is 14.9. The molecule has 5 nitrogen and oxygen atoms in total. The number of fused-ring (bicyclic) bond motifs is 1. The largest absolute Gasteiger partial charge is 0.497 e. The number of hydrogen-bond acceptors (Lipinski definition) is 4. The van der Waals surface area contributed by atoms with Crippen LogP contribution in [0.3, 0.4) is 0 Å². The Balaban J connectivity index is 1.47. The first-order valence-corrected chi connectivity index (χ1v) is 9.40. The molecule has 0 spiro atoms. The average Bonchev–Trinajstić information content (AvgIpc) is 2.96. The monoisotopic (exact) mass is 377 g/mol. The number of benzene rings is 2. The first-order valence-electron chi connectivity index (χ1n) is 9.40. The third-order valence-corrected chi connectivity index (χ3v) is 4.94. The molecule has 0 aliphatic carbocycles. The molecular formula is C23H23NO4. The molecule has 1 saturated heterocycles. The summed E-state index contributed by atoms with van der Waals surface area (Å²) in [6, 6.07) is 15.6. The van der Waals surface area contributed by atoms with Gasteiger partial charge >= 0.3 is 0 Å². The van der Waals surface area contributed by atoms with Crippen molar-refractivity contribution in [2.75, 3.05) is 26.8 Å². The molecule has 0 bridgehead atoms. The third-order valence-electron chi connectivity index (χ3n) is 4.94. The summed E-state index contributed by atoms with van der Waals surface area (Å²) >= 11 is 0. The number of carbonyl (C=O) groups is 1. The fraction of sp³-hybridized carbons (Fsp3) is 0.261. The zero-order valence-corrected chi connectivity index (χ0v) is 15.8. The Hall–Kier alpha value is -3.05. The number of amides is 1. The highest BCUT2D eigenvalue weighted by molar-refractivity contribution is 6.01. The van der Waals surface area contributed by atoms with Gasteiger partial charge in [0.2, 0.25) is 0 Å². The Morgan fingerprint density at radius 1 is 1.21 bits per heavy atom. The lowest BCUT2D eigenvalue weighted by Gasteiger charge is -2.33. The van der Waals surface area contributed by atoms with Crippen LogP contribution in [0, 0.1) is 0 Å². The summed E-state index contributed by atoms with van der Waals surface area (Å²) in [6.07, 6.45) is 5.89. The second-order valence-corrected chi connectivity index (χ2v) is 6.86. The van der Waals surface area contributed by atoms with Crippen LogP contribution in [0.5, 0.6) is 11.5 Å². The van der Waals surface area contributed by atoms with Gasteiger partial charge in [0.15, 0.2) is 0 Å². The molecule has 0 saturated carbocycles. The first-order chi connectivity index (χ1) is 13.7. The van der Waals surface area contributed by atoms with Crippen molar-refractivity contribution in [2.45, 2.75) is 12.5 Å². The molecule has 2 aromatic carbocycles. The zero-order chi connectivity index (χ0) is 19.3. The Labute approximate surface area is 164 Å². The lowest BCUT2D eigenvalue weighted by molar-refractivity contribution is -0.134. The minimum absolute atomic E-state index is 0.00417. The van der Waals surface area contributed by atoms with Crippen molar-refractivity contribution >= 4 is 12.0 Å². The van der Waals surface area contributed by atoms with Crippen LogP contribution in [0.4, 0.5) is 0 Å². The van der Waals surface area contributed by atoms with Gasteiger partial charge < -0.3 is 19.1 Å². The second-order valence-electron chi connectivity index (χ2n) is 6.86. The van der Waals surface area contributed by atoms with E-state index in [1.54, 1.807) is 19.4 Å². The van der Waals surface area contributed by atoms with Crippen molar-refractivity contribution in [3.8, 4) is 11.5 Å². The molecule has 0 radical (unpaired) electrons.